The number of hydrogen-bond acceptors (Lipinski definition) is 3. The monoisotopic (exact) mass is 314 g/mol. The predicted octanol–water partition coefficient (Wildman–Crippen LogP) is 3.17. The average Bonchev–Trinajstić information content (AvgIpc) is 2.55. The predicted molar refractivity (Wildman–Crippen MR) is 88.2 cm³/mol. The van der Waals surface area contributed by atoms with Crippen molar-refractivity contribution >= 4 is 12.6 Å². The van der Waals surface area contributed by atoms with Gasteiger partial charge in [-0.3, -0.25) is 0 Å². The van der Waals surface area contributed by atoms with E-state index in [-0.39, 0.29) is 11.2 Å². The van der Waals surface area contributed by atoms with E-state index in [1.165, 1.54) is 6.07 Å². The molecule has 120 valence electrons. The lowest BCUT2D eigenvalue weighted by atomic mass is 9.75. The summed E-state index contributed by atoms with van der Waals surface area (Å²) in [6, 6.07) is 14.6. The smallest absolute Gasteiger partial charge is 0.489 e. The summed E-state index contributed by atoms with van der Waals surface area (Å²) in [4.78, 5) is 0. The molecule has 2 aromatic rings. The molecule has 0 N–H and O–H groups in total. The van der Waals surface area contributed by atoms with Crippen LogP contribution in [0, 0.1) is 11.2 Å². The highest BCUT2D eigenvalue weighted by Crippen LogP contribution is 2.22. The number of ether oxygens (including phenoxy) is 1. The zero-order valence-electron chi connectivity index (χ0n) is 13.4. The van der Waals surface area contributed by atoms with Gasteiger partial charge >= 0.3 is 7.12 Å². The Bertz CT molecular complexity index is 651. The van der Waals surface area contributed by atoms with E-state index in [1.807, 2.05) is 30.3 Å². The van der Waals surface area contributed by atoms with E-state index in [1.54, 1.807) is 12.1 Å². The van der Waals surface area contributed by atoms with E-state index in [4.69, 9.17) is 14.0 Å². The standard InChI is InChI=1S/C18H20BFO3/c1-18(2)12-22-19(23-13-18)16-9-8-15(10-17(16)20)21-11-14-6-4-3-5-7-14/h3-10H,11-13H2,1-2H3. The van der Waals surface area contributed by atoms with Gasteiger partial charge in [0, 0.05) is 30.2 Å². The Morgan fingerprint density at radius 3 is 2.43 bits per heavy atom. The number of benzene rings is 2. The van der Waals surface area contributed by atoms with Crippen LogP contribution in [0.5, 0.6) is 5.75 Å². The minimum absolute atomic E-state index is 0.0360. The molecule has 1 saturated heterocycles. The molecule has 0 radical (unpaired) electrons. The summed E-state index contributed by atoms with van der Waals surface area (Å²) in [5.74, 6) is 0.117. The lowest BCUT2D eigenvalue weighted by molar-refractivity contribution is 0.0340. The Kier molecular flexibility index (Phi) is 4.69. The van der Waals surface area contributed by atoms with E-state index in [0.29, 0.717) is 31.0 Å². The summed E-state index contributed by atoms with van der Waals surface area (Å²) in [5.41, 5.74) is 1.41. The van der Waals surface area contributed by atoms with E-state index >= 15 is 0 Å². The molecule has 1 fully saturated rings. The van der Waals surface area contributed by atoms with Crippen LogP contribution in [0.2, 0.25) is 0 Å². The number of rotatable bonds is 4. The summed E-state index contributed by atoms with van der Waals surface area (Å²) >= 11 is 0. The van der Waals surface area contributed by atoms with Crippen LogP contribution in [-0.4, -0.2) is 20.3 Å². The second-order valence-electron chi connectivity index (χ2n) is 6.58. The fraction of sp³-hybridized carbons (Fsp3) is 0.333. The third kappa shape index (κ3) is 4.12. The van der Waals surface area contributed by atoms with Crippen molar-refractivity contribution in [2.24, 2.45) is 5.41 Å². The van der Waals surface area contributed by atoms with E-state index in [0.717, 1.165) is 5.56 Å². The zero-order valence-corrected chi connectivity index (χ0v) is 13.4. The molecule has 1 aliphatic heterocycles. The number of halogens is 1. The first kappa shape index (κ1) is 16.0. The highest BCUT2D eigenvalue weighted by Gasteiger charge is 2.35. The minimum Gasteiger partial charge on any atom is -0.489 e. The van der Waals surface area contributed by atoms with Gasteiger partial charge in [-0.05, 0) is 11.6 Å². The van der Waals surface area contributed by atoms with Crippen LogP contribution >= 0.6 is 0 Å². The fourth-order valence-corrected chi connectivity index (χ4v) is 2.40. The van der Waals surface area contributed by atoms with Crippen LogP contribution in [0.15, 0.2) is 48.5 Å². The van der Waals surface area contributed by atoms with E-state index in [2.05, 4.69) is 13.8 Å². The van der Waals surface area contributed by atoms with Gasteiger partial charge in [-0.25, -0.2) is 4.39 Å². The molecule has 0 aromatic heterocycles. The molecule has 3 rings (SSSR count). The second kappa shape index (κ2) is 6.73. The van der Waals surface area contributed by atoms with Gasteiger partial charge < -0.3 is 14.0 Å². The number of hydrogen-bond donors (Lipinski definition) is 0. The van der Waals surface area contributed by atoms with Gasteiger partial charge in [0.25, 0.3) is 0 Å². The Balaban J connectivity index is 1.64. The van der Waals surface area contributed by atoms with Gasteiger partial charge in [-0.1, -0.05) is 50.2 Å². The molecule has 3 nitrogen and oxygen atoms in total. The summed E-state index contributed by atoms with van der Waals surface area (Å²) in [6.45, 7) is 5.61. The molecule has 0 amide bonds. The van der Waals surface area contributed by atoms with Gasteiger partial charge in [0.15, 0.2) is 0 Å². The topological polar surface area (TPSA) is 27.7 Å². The molecule has 0 atom stereocenters. The van der Waals surface area contributed by atoms with Crippen molar-refractivity contribution in [1.29, 1.82) is 0 Å². The van der Waals surface area contributed by atoms with Crippen LogP contribution < -0.4 is 10.2 Å². The molecule has 0 unspecified atom stereocenters. The van der Waals surface area contributed by atoms with Crippen LogP contribution in [0.3, 0.4) is 0 Å². The Morgan fingerprint density at radius 2 is 1.78 bits per heavy atom. The second-order valence-corrected chi connectivity index (χ2v) is 6.58. The van der Waals surface area contributed by atoms with Gasteiger partial charge in [-0.15, -0.1) is 0 Å². The maximum absolute atomic E-state index is 14.3. The molecule has 1 heterocycles. The van der Waals surface area contributed by atoms with Gasteiger partial charge in [-0.2, -0.15) is 0 Å². The van der Waals surface area contributed by atoms with Gasteiger partial charge in [0.2, 0.25) is 0 Å². The van der Waals surface area contributed by atoms with Crippen LogP contribution in [0.1, 0.15) is 19.4 Å². The van der Waals surface area contributed by atoms with Crippen molar-refractivity contribution in [2.45, 2.75) is 20.5 Å². The Morgan fingerprint density at radius 1 is 1.09 bits per heavy atom. The SMILES string of the molecule is CC1(C)COB(c2ccc(OCc3ccccc3)cc2F)OC1. The largest absolute Gasteiger partial charge is 0.496 e. The van der Waals surface area contributed by atoms with E-state index in [9.17, 15) is 4.39 Å². The average molecular weight is 314 g/mol. The molecule has 0 bridgehead atoms. The quantitative estimate of drug-likeness (QED) is 0.811. The minimum atomic E-state index is -0.647. The molecule has 0 aliphatic carbocycles. The molecule has 1 aliphatic rings. The maximum Gasteiger partial charge on any atom is 0.496 e. The first-order chi connectivity index (χ1) is 11.0. The van der Waals surface area contributed by atoms with Crippen molar-refractivity contribution < 1.29 is 18.4 Å². The fourth-order valence-electron chi connectivity index (χ4n) is 2.40. The van der Waals surface area contributed by atoms with Crippen LogP contribution in [0.25, 0.3) is 0 Å². The molecule has 23 heavy (non-hydrogen) atoms. The summed E-state index contributed by atoms with van der Waals surface area (Å²) in [6.07, 6.45) is 0. The van der Waals surface area contributed by atoms with Crippen molar-refractivity contribution in [1.82, 2.24) is 0 Å². The van der Waals surface area contributed by atoms with E-state index < -0.39 is 7.12 Å². The maximum atomic E-state index is 14.3. The first-order valence-corrected chi connectivity index (χ1v) is 7.73. The highest BCUT2D eigenvalue weighted by atomic mass is 19.1. The molecular formula is C18H20BFO3. The Hall–Kier alpha value is -1.85. The van der Waals surface area contributed by atoms with Crippen molar-refractivity contribution in [3.8, 4) is 5.75 Å². The summed E-state index contributed by atoms with van der Waals surface area (Å²) in [5, 5.41) is 0. The van der Waals surface area contributed by atoms with Crippen molar-refractivity contribution in [3.05, 3.63) is 59.9 Å². The lowest BCUT2D eigenvalue weighted by Gasteiger charge is -2.33. The van der Waals surface area contributed by atoms with Crippen LogP contribution in [-0.2, 0) is 15.9 Å². The van der Waals surface area contributed by atoms with Gasteiger partial charge in [0.05, 0.1) is 0 Å². The third-order valence-corrected chi connectivity index (χ3v) is 3.73. The molecule has 2 aromatic carbocycles. The molecule has 0 spiro atoms. The Labute approximate surface area is 136 Å². The van der Waals surface area contributed by atoms with Crippen molar-refractivity contribution in [3.63, 3.8) is 0 Å². The highest BCUT2D eigenvalue weighted by molar-refractivity contribution is 6.61. The molecule has 5 heteroatoms. The summed E-state index contributed by atoms with van der Waals surface area (Å²) < 4.78 is 31.2. The lowest BCUT2D eigenvalue weighted by Crippen LogP contribution is -2.48. The van der Waals surface area contributed by atoms with Crippen LogP contribution in [0.4, 0.5) is 4.39 Å². The zero-order chi connectivity index (χ0) is 16.3. The summed E-state index contributed by atoms with van der Waals surface area (Å²) in [7, 11) is -0.647. The molecular weight excluding hydrogens is 294 g/mol. The first-order valence-electron chi connectivity index (χ1n) is 7.73. The van der Waals surface area contributed by atoms with Crippen molar-refractivity contribution in [2.75, 3.05) is 13.2 Å². The van der Waals surface area contributed by atoms with Gasteiger partial charge in [0.1, 0.15) is 18.2 Å². The normalized spacial score (nSPS) is 17.1. The molecule has 0 saturated carbocycles. The third-order valence-electron chi connectivity index (χ3n) is 3.73.